The molecule has 1 unspecified atom stereocenters. The Balaban J connectivity index is 1.62. The van der Waals surface area contributed by atoms with E-state index >= 15 is 0 Å². The zero-order chi connectivity index (χ0) is 20.5. The fraction of sp³-hybridized carbons (Fsp3) is 0.478. The molecule has 156 valence electrons. The van der Waals surface area contributed by atoms with Crippen molar-refractivity contribution < 1.29 is 14.3 Å². The van der Waals surface area contributed by atoms with Gasteiger partial charge in [0.2, 0.25) is 5.88 Å². The summed E-state index contributed by atoms with van der Waals surface area (Å²) >= 11 is 0. The third-order valence-electron chi connectivity index (χ3n) is 5.23. The van der Waals surface area contributed by atoms with Gasteiger partial charge >= 0.3 is 0 Å². The zero-order valence-corrected chi connectivity index (χ0v) is 17.4. The lowest BCUT2D eigenvalue weighted by molar-refractivity contribution is 0.0941. The SMILES string of the molecule is COCCOc1ncccc1C(=O)NCc1ccccc1CN1CCCC(C)C1. The van der Waals surface area contributed by atoms with Crippen molar-refractivity contribution in [3.05, 3.63) is 59.3 Å². The fourth-order valence-corrected chi connectivity index (χ4v) is 3.73. The van der Waals surface area contributed by atoms with Gasteiger partial charge in [-0.1, -0.05) is 31.2 Å². The third-order valence-corrected chi connectivity index (χ3v) is 5.23. The summed E-state index contributed by atoms with van der Waals surface area (Å²) in [5, 5.41) is 3.02. The number of amides is 1. The summed E-state index contributed by atoms with van der Waals surface area (Å²) in [6, 6.07) is 11.8. The second-order valence-electron chi connectivity index (χ2n) is 7.63. The quantitative estimate of drug-likeness (QED) is 0.658. The largest absolute Gasteiger partial charge is 0.475 e. The molecule has 2 heterocycles. The first-order chi connectivity index (χ1) is 14.2. The van der Waals surface area contributed by atoms with E-state index in [1.165, 1.54) is 18.4 Å². The normalized spacial score (nSPS) is 17.1. The van der Waals surface area contributed by atoms with Crippen LogP contribution in [0.5, 0.6) is 5.88 Å². The van der Waals surface area contributed by atoms with Crippen LogP contribution < -0.4 is 10.1 Å². The minimum Gasteiger partial charge on any atom is -0.475 e. The van der Waals surface area contributed by atoms with Gasteiger partial charge in [-0.3, -0.25) is 9.69 Å². The maximum Gasteiger partial charge on any atom is 0.257 e. The summed E-state index contributed by atoms with van der Waals surface area (Å²) in [6.07, 6.45) is 4.19. The Bertz CT molecular complexity index is 796. The van der Waals surface area contributed by atoms with Crippen molar-refractivity contribution >= 4 is 5.91 Å². The standard InChI is InChI=1S/C23H31N3O3/c1-18-7-6-12-26(16-18)17-20-9-4-3-8-19(20)15-25-22(27)21-10-5-11-24-23(21)29-14-13-28-2/h3-5,8-11,18H,6-7,12-17H2,1-2H3,(H,25,27). The van der Waals surface area contributed by atoms with E-state index < -0.39 is 0 Å². The molecule has 6 nitrogen and oxygen atoms in total. The smallest absolute Gasteiger partial charge is 0.257 e. The molecule has 0 spiro atoms. The van der Waals surface area contributed by atoms with Gasteiger partial charge in [-0.15, -0.1) is 0 Å². The van der Waals surface area contributed by atoms with E-state index in [-0.39, 0.29) is 5.91 Å². The van der Waals surface area contributed by atoms with Crippen molar-refractivity contribution in [2.75, 3.05) is 33.4 Å². The minimum atomic E-state index is -0.188. The fourth-order valence-electron chi connectivity index (χ4n) is 3.73. The highest BCUT2D eigenvalue weighted by atomic mass is 16.5. The first-order valence-electron chi connectivity index (χ1n) is 10.3. The van der Waals surface area contributed by atoms with E-state index in [4.69, 9.17) is 9.47 Å². The number of hydrogen-bond acceptors (Lipinski definition) is 5. The lowest BCUT2D eigenvalue weighted by Gasteiger charge is -2.31. The van der Waals surface area contributed by atoms with Crippen molar-refractivity contribution in [3.8, 4) is 5.88 Å². The molecule has 1 amide bonds. The topological polar surface area (TPSA) is 63.7 Å². The Labute approximate surface area is 173 Å². The van der Waals surface area contributed by atoms with Gasteiger partial charge in [0.15, 0.2) is 0 Å². The third kappa shape index (κ3) is 6.27. The Hall–Kier alpha value is -2.44. The minimum absolute atomic E-state index is 0.188. The summed E-state index contributed by atoms with van der Waals surface area (Å²) < 4.78 is 10.6. The number of nitrogens with zero attached hydrogens (tertiary/aromatic N) is 2. The van der Waals surface area contributed by atoms with Crippen LogP contribution in [-0.2, 0) is 17.8 Å². The van der Waals surface area contributed by atoms with Gasteiger partial charge in [0.05, 0.1) is 6.61 Å². The molecule has 2 aromatic rings. The molecule has 3 rings (SSSR count). The number of nitrogens with one attached hydrogen (secondary N) is 1. The lowest BCUT2D eigenvalue weighted by atomic mass is 9.99. The van der Waals surface area contributed by atoms with Crippen LogP contribution >= 0.6 is 0 Å². The molecule has 1 fully saturated rings. The molecule has 0 saturated carbocycles. The van der Waals surface area contributed by atoms with Gasteiger partial charge in [-0.25, -0.2) is 4.98 Å². The van der Waals surface area contributed by atoms with Crippen molar-refractivity contribution in [2.24, 2.45) is 5.92 Å². The van der Waals surface area contributed by atoms with E-state index in [0.717, 1.165) is 31.1 Å². The number of hydrogen-bond donors (Lipinski definition) is 1. The van der Waals surface area contributed by atoms with E-state index in [0.29, 0.717) is 31.2 Å². The number of methoxy groups -OCH3 is 1. The number of piperidine rings is 1. The number of rotatable bonds is 9. The second-order valence-corrected chi connectivity index (χ2v) is 7.63. The van der Waals surface area contributed by atoms with Crippen molar-refractivity contribution in [2.45, 2.75) is 32.9 Å². The van der Waals surface area contributed by atoms with Crippen LogP contribution in [-0.4, -0.2) is 49.2 Å². The highest BCUT2D eigenvalue weighted by molar-refractivity contribution is 5.96. The van der Waals surface area contributed by atoms with Crippen LogP contribution in [0, 0.1) is 5.92 Å². The first kappa shape index (κ1) is 21.3. The highest BCUT2D eigenvalue weighted by Gasteiger charge is 2.18. The van der Waals surface area contributed by atoms with E-state index in [2.05, 4.69) is 40.3 Å². The van der Waals surface area contributed by atoms with Crippen LogP contribution in [0.1, 0.15) is 41.3 Å². The molecule has 1 saturated heterocycles. The van der Waals surface area contributed by atoms with Crippen molar-refractivity contribution in [1.29, 1.82) is 0 Å². The molecule has 1 aliphatic heterocycles. The Kier molecular flexibility index (Phi) is 8.02. The van der Waals surface area contributed by atoms with Crippen molar-refractivity contribution in [1.82, 2.24) is 15.2 Å². The van der Waals surface area contributed by atoms with Crippen LogP contribution in [0.3, 0.4) is 0 Å². The number of ether oxygens (including phenoxy) is 2. The number of pyridine rings is 1. The van der Waals surface area contributed by atoms with Crippen LogP contribution in [0.15, 0.2) is 42.6 Å². The molecule has 1 N–H and O–H groups in total. The van der Waals surface area contributed by atoms with Gasteiger partial charge in [-0.2, -0.15) is 0 Å². The second kappa shape index (κ2) is 10.9. The predicted octanol–water partition coefficient (Wildman–Crippen LogP) is 3.27. The number of carbonyl (C=O) groups is 1. The molecular weight excluding hydrogens is 366 g/mol. The molecule has 1 aromatic heterocycles. The monoisotopic (exact) mass is 397 g/mol. The molecule has 6 heteroatoms. The number of aromatic nitrogens is 1. The van der Waals surface area contributed by atoms with Crippen LogP contribution in [0.2, 0.25) is 0 Å². The number of likely N-dealkylation sites (tertiary alicyclic amines) is 1. The van der Waals surface area contributed by atoms with E-state index in [1.54, 1.807) is 25.4 Å². The number of carbonyl (C=O) groups excluding carboxylic acids is 1. The van der Waals surface area contributed by atoms with Crippen molar-refractivity contribution in [3.63, 3.8) is 0 Å². The number of benzene rings is 1. The molecule has 0 bridgehead atoms. The predicted molar refractivity (Wildman–Crippen MR) is 113 cm³/mol. The van der Waals surface area contributed by atoms with Gasteiger partial charge in [0, 0.05) is 32.9 Å². The average molecular weight is 398 g/mol. The molecular formula is C23H31N3O3. The molecule has 29 heavy (non-hydrogen) atoms. The van der Waals surface area contributed by atoms with Crippen LogP contribution in [0.4, 0.5) is 0 Å². The summed E-state index contributed by atoms with van der Waals surface area (Å²) in [5.41, 5.74) is 2.85. The Morgan fingerprint density at radius 3 is 2.83 bits per heavy atom. The van der Waals surface area contributed by atoms with E-state index in [1.807, 2.05) is 6.07 Å². The molecule has 0 radical (unpaired) electrons. The summed E-state index contributed by atoms with van der Waals surface area (Å²) in [4.78, 5) is 19.4. The molecule has 1 aliphatic rings. The molecule has 1 aromatic carbocycles. The maximum atomic E-state index is 12.7. The first-order valence-corrected chi connectivity index (χ1v) is 10.3. The average Bonchev–Trinajstić information content (AvgIpc) is 2.73. The van der Waals surface area contributed by atoms with Crippen LogP contribution in [0.25, 0.3) is 0 Å². The highest BCUT2D eigenvalue weighted by Crippen LogP contribution is 2.20. The molecule has 0 aliphatic carbocycles. The summed E-state index contributed by atoms with van der Waals surface area (Å²) in [5.74, 6) is 0.891. The van der Waals surface area contributed by atoms with E-state index in [9.17, 15) is 4.79 Å². The maximum absolute atomic E-state index is 12.7. The zero-order valence-electron chi connectivity index (χ0n) is 17.4. The Morgan fingerprint density at radius 2 is 2.03 bits per heavy atom. The van der Waals surface area contributed by atoms with Gasteiger partial charge in [0.25, 0.3) is 5.91 Å². The molecule has 1 atom stereocenters. The van der Waals surface area contributed by atoms with Gasteiger partial charge < -0.3 is 14.8 Å². The van der Waals surface area contributed by atoms with Gasteiger partial charge in [0.1, 0.15) is 12.2 Å². The lowest BCUT2D eigenvalue weighted by Crippen LogP contribution is -2.34. The van der Waals surface area contributed by atoms with Gasteiger partial charge in [-0.05, 0) is 48.6 Å². The summed E-state index contributed by atoms with van der Waals surface area (Å²) in [6.45, 7) is 6.80. The summed E-state index contributed by atoms with van der Waals surface area (Å²) in [7, 11) is 1.61. The Morgan fingerprint density at radius 1 is 1.21 bits per heavy atom.